The summed E-state index contributed by atoms with van der Waals surface area (Å²) in [5.74, 6) is 0.908. The lowest BCUT2D eigenvalue weighted by molar-refractivity contribution is -0.118. The van der Waals surface area contributed by atoms with Gasteiger partial charge in [-0.2, -0.15) is 0 Å². The van der Waals surface area contributed by atoms with Crippen LogP contribution in [0, 0.1) is 0 Å². The molecule has 1 N–H and O–H groups in total. The normalized spacial score (nSPS) is 13.7. The third-order valence-electron chi connectivity index (χ3n) is 4.50. The molecule has 1 amide bonds. The molecular formula is C22H26N2O4. The topological polar surface area (TPSA) is 60.0 Å². The Labute approximate surface area is 165 Å². The highest BCUT2D eigenvalue weighted by atomic mass is 16.5. The Bertz CT molecular complexity index is 816. The van der Waals surface area contributed by atoms with Gasteiger partial charge in [0.05, 0.1) is 31.7 Å². The zero-order valence-corrected chi connectivity index (χ0v) is 16.1. The van der Waals surface area contributed by atoms with E-state index in [4.69, 9.17) is 14.2 Å². The summed E-state index contributed by atoms with van der Waals surface area (Å²) in [6.45, 7) is 6.62. The van der Waals surface area contributed by atoms with Crippen molar-refractivity contribution in [1.82, 2.24) is 0 Å². The van der Waals surface area contributed by atoms with Gasteiger partial charge in [0.1, 0.15) is 0 Å². The van der Waals surface area contributed by atoms with Gasteiger partial charge in [0.15, 0.2) is 18.1 Å². The zero-order chi connectivity index (χ0) is 19.8. The number of ether oxygens (including phenoxy) is 3. The fourth-order valence-electron chi connectivity index (χ4n) is 3.11. The first kappa shape index (κ1) is 19.8. The van der Waals surface area contributed by atoms with Gasteiger partial charge in [0.2, 0.25) is 0 Å². The number of methoxy groups -OCH3 is 1. The molecule has 2 aromatic carbocycles. The van der Waals surface area contributed by atoms with Crippen molar-refractivity contribution in [2.75, 3.05) is 50.2 Å². The van der Waals surface area contributed by atoms with Crippen LogP contribution in [0.1, 0.15) is 5.56 Å². The van der Waals surface area contributed by atoms with Crippen LogP contribution in [-0.4, -0.2) is 45.9 Å². The Balaban J connectivity index is 1.63. The van der Waals surface area contributed by atoms with Crippen LogP contribution < -0.4 is 19.7 Å². The highest BCUT2D eigenvalue weighted by Crippen LogP contribution is 2.29. The van der Waals surface area contributed by atoms with Gasteiger partial charge >= 0.3 is 0 Å². The number of para-hydroxylation sites is 2. The number of hydrogen-bond acceptors (Lipinski definition) is 5. The monoisotopic (exact) mass is 382 g/mol. The lowest BCUT2D eigenvalue weighted by Crippen LogP contribution is -2.37. The summed E-state index contributed by atoms with van der Waals surface area (Å²) in [7, 11) is 1.58. The van der Waals surface area contributed by atoms with Crippen LogP contribution in [0.4, 0.5) is 11.4 Å². The molecular weight excluding hydrogens is 356 g/mol. The Kier molecular flexibility index (Phi) is 6.92. The molecule has 0 unspecified atom stereocenters. The van der Waals surface area contributed by atoms with Crippen LogP contribution in [0.2, 0.25) is 0 Å². The van der Waals surface area contributed by atoms with Crippen LogP contribution in [0.5, 0.6) is 11.5 Å². The van der Waals surface area contributed by atoms with Crippen molar-refractivity contribution in [2.45, 2.75) is 6.42 Å². The molecule has 2 aromatic rings. The molecule has 1 saturated heterocycles. The number of amides is 1. The van der Waals surface area contributed by atoms with Crippen molar-refractivity contribution in [3.63, 3.8) is 0 Å². The molecule has 1 aliphatic heterocycles. The largest absolute Gasteiger partial charge is 0.493 e. The summed E-state index contributed by atoms with van der Waals surface area (Å²) in [6.07, 6.45) is 2.57. The van der Waals surface area contributed by atoms with E-state index >= 15 is 0 Å². The second-order valence-electron chi connectivity index (χ2n) is 6.43. The van der Waals surface area contributed by atoms with Gasteiger partial charge in [0, 0.05) is 13.1 Å². The van der Waals surface area contributed by atoms with Gasteiger partial charge in [0.25, 0.3) is 5.91 Å². The molecule has 0 aliphatic carbocycles. The molecule has 0 atom stereocenters. The predicted octanol–water partition coefficient (Wildman–Crippen LogP) is 3.28. The van der Waals surface area contributed by atoms with Gasteiger partial charge in [-0.25, -0.2) is 0 Å². The van der Waals surface area contributed by atoms with E-state index in [2.05, 4.69) is 16.8 Å². The third kappa shape index (κ3) is 5.04. The minimum atomic E-state index is -0.224. The quantitative estimate of drug-likeness (QED) is 0.710. The number of nitrogens with zero attached hydrogens (tertiary/aromatic N) is 1. The van der Waals surface area contributed by atoms with Gasteiger partial charge in [-0.1, -0.05) is 24.3 Å². The summed E-state index contributed by atoms with van der Waals surface area (Å²) in [5, 5.41) is 2.95. The smallest absolute Gasteiger partial charge is 0.262 e. The summed E-state index contributed by atoms with van der Waals surface area (Å²) in [5.41, 5.74) is 2.83. The first-order valence-electron chi connectivity index (χ1n) is 9.33. The number of nitrogens with one attached hydrogen (secondary N) is 1. The Morgan fingerprint density at radius 2 is 2.00 bits per heavy atom. The average Bonchev–Trinajstić information content (AvgIpc) is 2.74. The molecule has 0 bridgehead atoms. The van der Waals surface area contributed by atoms with Crippen molar-refractivity contribution < 1.29 is 19.0 Å². The molecule has 3 rings (SSSR count). The van der Waals surface area contributed by atoms with E-state index in [1.165, 1.54) is 0 Å². The molecule has 0 aromatic heterocycles. The standard InChI is InChI=1S/C22H26N2O4/c1-3-6-17-9-10-20(21(15-17)26-2)28-16-22(25)23-18-7-4-5-8-19(18)24-11-13-27-14-12-24/h3-5,7-10,15H,1,6,11-14,16H2,2H3,(H,23,25). The van der Waals surface area contributed by atoms with Crippen molar-refractivity contribution in [2.24, 2.45) is 0 Å². The summed E-state index contributed by atoms with van der Waals surface area (Å²) < 4.78 is 16.5. The molecule has 28 heavy (non-hydrogen) atoms. The average molecular weight is 382 g/mol. The Hall–Kier alpha value is -2.99. The van der Waals surface area contributed by atoms with Gasteiger partial charge < -0.3 is 24.4 Å². The second-order valence-corrected chi connectivity index (χ2v) is 6.43. The number of benzene rings is 2. The fourth-order valence-corrected chi connectivity index (χ4v) is 3.11. The number of allylic oxidation sites excluding steroid dienone is 1. The number of hydrogen-bond donors (Lipinski definition) is 1. The minimum Gasteiger partial charge on any atom is -0.493 e. The second kappa shape index (κ2) is 9.80. The molecule has 0 radical (unpaired) electrons. The molecule has 0 saturated carbocycles. The molecule has 1 fully saturated rings. The predicted molar refractivity (Wildman–Crippen MR) is 110 cm³/mol. The van der Waals surface area contributed by atoms with Gasteiger partial charge in [-0.3, -0.25) is 4.79 Å². The van der Waals surface area contributed by atoms with E-state index in [1.807, 2.05) is 48.5 Å². The highest BCUT2D eigenvalue weighted by molar-refractivity contribution is 5.95. The van der Waals surface area contributed by atoms with E-state index < -0.39 is 0 Å². The maximum atomic E-state index is 12.5. The molecule has 0 spiro atoms. The zero-order valence-electron chi connectivity index (χ0n) is 16.1. The molecule has 148 valence electrons. The Morgan fingerprint density at radius 1 is 1.21 bits per heavy atom. The first-order valence-corrected chi connectivity index (χ1v) is 9.33. The van der Waals surface area contributed by atoms with Crippen LogP contribution in [0.3, 0.4) is 0 Å². The molecule has 6 heteroatoms. The summed E-state index contributed by atoms with van der Waals surface area (Å²) >= 11 is 0. The van der Waals surface area contributed by atoms with E-state index in [9.17, 15) is 4.79 Å². The fraction of sp³-hybridized carbons (Fsp3) is 0.318. The molecule has 6 nitrogen and oxygen atoms in total. The maximum absolute atomic E-state index is 12.5. The van der Waals surface area contributed by atoms with E-state index in [0.29, 0.717) is 24.7 Å². The lowest BCUT2D eigenvalue weighted by atomic mass is 10.1. The van der Waals surface area contributed by atoms with Crippen LogP contribution in [0.25, 0.3) is 0 Å². The van der Waals surface area contributed by atoms with E-state index in [1.54, 1.807) is 7.11 Å². The first-order chi connectivity index (χ1) is 13.7. The van der Waals surface area contributed by atoms with Gasteiger partial charge in [-0.05, 0) is 36.2 Å². The Morgan fingerprint density at radius 3 is 2.75 bits per heavy atom. The van der Waals surface area contributed by atoms with Crippen molar-refractivity contribution in [3.05, 3.63) is 60.7 Å². The van der Waals surface area contributed by atoms with E-state index in [-0.39, 0.29) is 12.5 Å². The molecule has 1 heterocycles. The number of anilines is 2. The number of morpholine rings is 1. The van der Waals surface area contributed by atoms with Crippen LogP contribution in [0.15, 0.2) is 55.1 Å². The van der Waals surface area contributed by atoms with Crippen LogP contribution in [-0.2, 0) is 16.0 Å². The van der Waals surface area contributed by atoms with Crippen molar-refractivity contribution >= 4 is 17.3 Å². The third-order valence-corrected chi connectivity index (χ3v) is 4.50. The number of rotatable bonds is 8. The number of carbonyl (C=O) groups excluding carboxylic acids is 1. The lowest BCUT2D eigenvalue weighted by Gasteiger charge is -2.30. The van der Waals surface area contributed by atoms with Crippen molar-refractivity contribution in [3.8, 4) is 11.5 Å². The summed E-state index contributed by atoms with van der Waals surface area (Å²) in [4.78, 5) is 14.7. The van der Waals surface area contributed by atoms with Gasteiger partial charge in [-0.15, -0.1) is 6.58 Å². The maximum Gasteiger partial charge on any atom is 0.262 e. The summed E-state index contributed by atoms with van der Waals surface area (Å²) in [6, 6.07) is 13.4. The number of carbonyl (C=O) groups is 1. The molecule has 1 aliphatic rings. The van der Waals surface area contributed by atoms with Crippen molar-refractivity contribution in [1.29, 1.82) is 0 Å². The van der Waals surface area contributed by atoms with E-state index in [0.717, 1.165) is 36.4 Å². The minimum absolute atomic E-state index is 0.103. The highest BCUT2D eigenvalue weighted by Gasteiger charge is 2.16. The SMILES string of the molecule is C=CCc1ccc(OCC(=O)Nc2ccccc2N2CCOCC2)c(OC)c1. The van der Waals surface area contributed by atoms with Crippen LogP contribution >= 0.6 is 0 Å².